The number of carbonyl (C=O) groups is 1. The van der Waals surface area contributed by atoms with Gasteiger partial charge in [-0.3, -0.25) is 4.84 Å². The summed E-state index contributed by atoms with van der Waals surface area (Å²) in [6, 6.07) is 0. The SMILES string of the molecule is CCP(CC)C(N(CC(C)C)OC(C)(C)C(=O)O)C(C)(C)C. The molecule has 0 fully saturated rings. The first kappa shape index (κ1) is 21.8. The monoisotopic (exact) mass is 333 g/mol. The minimum Gasteiger partial charge on any atom is -0.479 e. The quantitative estimate of drug-likeness (QED) is 0.493. The molecule has 0 aromatic rings. The van der Waals surface area contributed by atoms with Crippen molar-refractivity contribution in [1.82, 2.24) is 5.06 Å². The Balaban J connectivity index is 5.62. The molecule has 0 aliphatic carbocycles. The Morgan fingerprint density at radius 2 is 1.59 bits per heavy atom. The van der Waals surface area contributed by atoms with E-state index in [9.17, 15) is 9.90 Å². The highest BCUT2D eigenvalue weighted by atomic mass is 31.1. The van der Waals surface area contributed by atoms with E-state index < -0.39 is 11.6 Å². The molecule has 0 spiro atoms. The Bertz CT molecular complexity index is 346. The summed E-state index contributed by atoms with van der Waals surface area (Å²) in [4.78, 5) is 17.5. The van der Waals surface area contributed by atoms with Crippen LogP contribution < -0.4 is 0 Å². The van der Waals surface area contributed by atoms with E-state index in [1.54, 1.807) is 13.8 Å². The molecule has 1 atom stereocenters. The van der Waals surface area contributed by atoms with Crippen molar-refractivity contribution in [2.75, 3.05) is 18.9 Å². The van der Waals surface area contributed by atoms with Crippen molar-refractivity contribution in [3.8, 4) is 0 Å². The van der Waals surface area contributed by atoms with Gasteiger partial charge >= 0.3 is 5.97 Å². The van der Waals surface area contributed by atoms with E-state index in [2.05, 4.69) is 48.5 Å². The van der Waals surface area contributed by atoms with Crippen LogP contribution in [0.3, 0.4) is 0 Å². The summed E-state index contributed by atoms with van der Waals surface area (Å²) in [5.41, 5.74) is -1.16. The van der Waals surface area contributed by atoms with Crippen LogP contribution in [0.1, 0.15) is 62.3 Å². The molecular formula is C17H36NO3P. The van der Waals surface area contributed by atoms with Gasteiger partial charge in [0.1, 0.15) is 0 Å². The number of hydrogen-bond acceptors (Lipinski definition) is 3. The third-order valence-electron chi connectivity index (χ3n) is 3.61. The number of hydroxylamine groups is 2. The second kappa shape index (κ2) is 8.61. The van der Waals surface area contributed by atoms with Gasteiger partial charge in [0.05, 0.1) is 5.78 Å². The van der Waals surface area contributed by atoms with Gasteiger partial charge in [-0.2, -0.15) is 5.06 Å². The second-order valence-electron chi connectivity index (χ2n) is 7.86. The first-order chi connectivity index (χ1) is 9.86. The minimum atomic E-state index is -1.21. The normalized spacial score (nSPS) is 14.9. The molecule has 1 unspecified atom stereocenters. The molecule has 0 radical (unpaired) electrons. The van der Waals surface area contributed by atoms with Crippen LogP contribution in [0.5, 0.6) is 0 Å². The smallest absolute Gasteiger partial charge is 0.337 e. The molecule has 0 rings (SSSR count). The fourth-order valence-electron chi connectivity index (χ4n) is 2.61. The first-order valence-electron chi connectivity index (χ1n) is 8.30. The van der Waals surface area contributed by atoms with E-state index in [0.29, 0.717) is 5.92 Å². The number of carboxylic acids is 1. The molecule has 0 aliphatic heterocycles. The maximum atomic E-state index is 11.5. The summed E-state index contributed by atoms with van der Waals surface area (Å²) in [5, 5.41) is 11.4. The predicted molar refractivity (Wildman–Crippen MR) is 95.6 cm³/mol. The Morgan fingerprint density at radius 1 is 1.14 bits per heavy atom. The van der Waals surface area contributed by atoms with Crippen LogP contribution in [-0.4, -0.2) is 46.4 Å². The Labute approximate surface area is 138 Å². The predicted octanol–water partition coefficient (Wildman–Crippen LogP) is 4.63. The largest absolute Gasteiger partial charge is 0.479 e. The molecule has 0 saturated carbocycles. The van der Waals surface area contributed by atoms with Gasteiger partial charge in [-0.1, -0.05) is 56.4 Å². The molecule has 22 heavy (non-hydrogen) atoms. The van der Waals surface area contributed by atoms with Crippen LogP contribution >= 0.6 is 7.92 Å². The molecule has 5 heteroatoms. The molecule has 0 aromatic heterocycles. The van der Waals surface area contributed by atoms with Crippen LogP contribution in [0.4, 0.5) is 0 Å². The average molecular weight is 333 g/mol. The van der Waals surface area contributed by atoms with Crippen molar-refractivity contribution in [3.05, 3.63) is 0 Å². The van der Waals surface area contributed by atoms with Crippen molar-refractivity contribution >= 4 is 13.9 Å². The maximum absolute atomic E-state index is 11.5. The van der Waals surface area contributed by atoms with Gasteiger partial charge in [0, 0.05) is 6.54 Å². The van der Waals surface area contributed by atoms with E-state index in [1.807, 2.05) is 5.06 Å². The van der Waals surface area contributed by atoms with Crippen LogP contribution in [0.15, 0.2) is 0 Å². The molecular weight excluding hydrogens is 297 g/mol. The molecule has 0 aromatic carbocycles. The summed E-state index contributed by atoms with van der Waals surface area (Å²) in [7, 11) is -0.242. The molecule has 4 nitrogen and oxygen atoms in total. The molecule has 0 saturated heterocycles. The van der Waals surface area contributed by atoms with E-state index in [1.165, 1.54) is 0 Å². The molecule has 0 bridgehead atoms. The van der Waals surface area contributed by atoms with Gasteiger partial charge in [-0.15, -0.1) is 0 Å². The fraction of sp³-hybridized carbons (Fsp3) is 0.941. The molecule has 132 valence electrons. The standard InChI is InChI=1S/C17H36NO3P/c1-10-22(11-2)14(16(5,6)7)18(12-13(3)4)21-17(8,9)15(19)20/h13-14H,10-12H2,1-9H3,(H,19,20). The highest BCUT2D eigenvalue weighted by Crippen LogP contribution is 2.50. The topological polar surface area (TPSA) is 49.8 Å². The van der Waals surface area contributed by atoms with Crippen molar-refractivity contribution < 1.29 is 14.7 Å². The lowest BCUT2D eigenvalue weighted by Gasteiger charge is -2.46. The zero-order valence-electron chi connectivity index (χ0n) is 15.9. The fourth-order valence-corrected chi connectivity index (χ4v) is 5.35. The molecule has 1 N–H and O–H groups in total. The van der Waals surface area contributed by atoms with Gasteiger partial charge in [0.25, 0.3) is 0 Å². The van der Waals surface area contributed by atoms with Gasteiger partial charge in [0.15, 0.2) is 5.60 Å². The summed E-state index contributed by atoms with van der Waals surface area (Å²) in [5.74, 6) is -0.259. The lowest BCUT2D eigenvalue weighted by atomic mass is 9.95. The van der Waals surface area contributed by atoms with Crippen LogP contribution in [-0.2, 0) is 9.63 Å². The Morgan fingerprint density at radius 3 is 1.86 bits per heavy atom. The van der Waals surface area contributed by atoms with E-state index in [0.717, 1.165) is 18.9 Å². The van der Waals surface area contributed by atoms with Gasteiger partial charge in [-0.25, -0.2) is 4.79 Å². The van der Waals surface area contributed by atoms with Gasteiger partial charge < -0.3 is 5.11 Å². The number of nitrogens with zero attached hydrogens (tertiary/aromatic N) is 1. The zero-order chi connectivity index (χ0) is 17.7. The third kappa shape index (κ3) is 6.52. The molecule has 0 amide bonds. The first-order valence-corrected chi connectivity index (χ1v) is 10.1. The maximum Gasteiger partial charge on any atom is 0.337 e. The Kier molecular flexibility index (Phi) is 8.54. The second-order valence-corrected chi connectivity index (χ2v) is 10.8. The molecule has 0 aliphatic rings. The zero-order valence-corrected chi connectivity index (χ0v) is 16.8. The number of carboxylic acid groups (broad SMARTS) is 1. The van der Waals surface area contributed by atoms with Crippen LogP contribution in [0, 0.1) is 11.3 Å². The van der Waals surface area contributed by atoms with Gasteiger partial charge in [-0.05, 0) is 37.5 Å². The lowest BCUT2D eigenvalue weighted by Crippen LogP contribution is -2.51. The van der Waals surface area contributed by atoms with Crippen molar-refractivity contribution in [1.29, 1.82) is 0 Å². The number of aliphatic carboxylic acids is 1. The highest BCUT2D eigenvalue weighted by molar-refractivity contribution is 7.58. The lowest BCUT2D eigenvalue weighted by molar-refractivity contribution is -0.258. The van der Waals surface area contributed by atoms with Crippen LogP contribution in [0.25, 0.3) is 0 Å². The number of hydrogen-bond donors (Lipinski definition) is 1. The summed E-state index contributed by atoms with van der Waals surface area (Å²) in [6.07, 6.45) is 2.25. The summed E-state index contributed by atoms with van der Waals surface area (Å²) < 4.78 is 0. The van der Waals surface area contributed by atoms with E-state index in [-0.39, 0.29) is 19.1 Å². The minimum absolute atomic E-state index is 0.0429. The van der Waals surface area contributed by atoms with Gasteiger partial charge in [0.2, 0.25) is 0 Å². The third-order valence-corrected chi connectivity index (χ3v) is 6.96. The van der Waals surface area contributed by atoms with Crippen molar-refractivity contribution in [2.24, 2.45) is 11.3 Å². The van der Waals surface area contributed by atoms with E-state index in [4.69, 9.17) is 4.84 Å². The summed E-state index contributed by atoms with van der Waals surface area (Å²) >= 11 is 0. The van der Waals surface area contributed by atoms with Crippen LogP contribution in [0.2, 0.25) is 0 Å². The van der Waals surface area contributed by atoms with E-state index >= 15 is 0 Å². The Hall–Kier alpha value is -0.180. The average Bonchev–Trinajstić information content (AvgIpc) is 2.32. The number of rotatable bonds is 9. The molecule has 0 heterocycles. The highest BCUT2D eigenvalue weighted by Gasteiger charge is 2.40. The summed E-state index contributed by atoms with van der Waals surface area (Å²) in [6.45, 7) is 19.4. The van der Waals surface area contributed by atoms with Crippen molar-refractivity contribution in [3.63, 3.8) is 0 Å². The van der Waals surface area contributed by atoms with Crippen molar-refractivity contribution in [2.45, 2.75) is 73.7 Å².